The number of aromatic nitrogens is 6. The lowest BCUT2D eigenvalue weighted by atomic mass is 9.96. The summed E-state index contributed by atoms with van der Waals surface area (Å²) >= 11 is 0. The van der Waals surface area contributed by atoms with E-state index in [9.17, 15) is 0 Å². The van der Waals surface area contributed by atoms with Gasteiger partial charge in [0.1, 0.15) is 0 Å². The van der Waals surface area contributed by atoms with Crippen molar-refractivity contribution >= 4 is 43.6 Å². The molecule has 0 fully saturated rings. The van der Waals surface area contributed by atoms with E-state index >= 15 is 35.1 Å². The van der Waals surface area contributed by atoms with Crippen LogP contribution in [0.1, 0.15) is 5.56 Å². The van der Waals surface area contributed by atoms with E-state index < -0.39 is 63.3 Å². The highest BCUT2D eigenvalue weighted by Crippen LogP contribution is 2.49. The van der Waals surface area contributed by atoms with E-state index in [-0.39, 0.29) is 22.1 Å². The summed E-state index contributed by atoms with van der Waals surface area (Å²) in [4.78, 5) is 19.1. The number of halogens is 8. The van der Waals surface area contributed by atoms with Crippen molar-refractivity contribution in [1.82, 2.24) is 29.1 Å². The van der Waals surface area contributed by atoms with Crippen LogP contribution in [0.4, 0.5) is 35.1 Å². The molecule has 0 saturated carbocycles. The van der Waals surface area contributed by atoms with Crippen LogP contribution in [0.25, 0.3) is 156 Å². The van der Waals surface area contributed by atoms with Gasteiger partial charge < -0.3 is 9.13 Å². The third-order valence-electron chi connectivity index (χ3n) is 17.6. The zero-order valence-corrected chi connectivity index (χ0v) is 49.8. The Hall–Kier alpha value is -12.2. The number of alkyl halides is 3. The number of fused-ring (bicyclic) bond motifs is 6. The molecule has 6 nitrogen and oxygen atoms in total. The van der Waals surface area contributed by atoms with Gasteiger partial charge in [0.05, 0.1) is 67.3 Å². The normalized spacial score (nSPS) is 11.8. The predicted octanol–water partition coefficient (Wildman–Crippen LogP) is 22.2. The second kappa shape index (κ2) is 23.2. The van der Waals surface area contributed by atoms with Crippen LogP contribution >= 0.6 is 0 Å². The maximum atomic E-state index is 17.4. The molecule has 10 aromatic carbocycles. The molecular formula is C81H46F8N6. The lowest BCUT2D eigenvalue weighted by Gasteiger charge is -2.23. The van der Waals surface area contributed by atoms with Crippen molar-refractivity contribution in [2.75, 3.05) is 0 Å². The Bertz CT molecular complexity index is 5030. The molecular weight excluding hydrogens is 1210 g/mol. The molecule has 95 heavy (non-hydrogen) atoms. The highest BCUT2D eigenvalue weighted by atomic mass is 19.4. The molecule has 0 radical (unpaired) electrons. The molecule has 0 saturated heterocycles. The Morgan fingerprint density at radius 1 is 0.242 bits per heavy atom. The Morgan fingerprint density at radius 2 is 0.495 bits per heavy atom. The van der Waals surface area contributed by atoms with Gasteiger partial charge >= 0.3 is 6.18 Å². The fourth-order valence-corrected chi connectivity index (χ4v) is 12.9. The fourth-order valence-electron chi connectivity index (χ4n) is 12.9. The molecule has 14 heteroatoms. The number of benzene rings is 10. The van der Waals surface area contributed by atoms with Gasteiger partial charge in [-0.3, -0.25) is 19.9 Å². The van der Waals surface area contributed by atoms with Crippen LogP contribution in [0.15, 0.2) is 280 Å². The summed E-state index contributed by atoms with van der Waals surface area (Å²) in [5, 5.41) is 1.88. The van der Waals surface area contributed by atoms with E-state index in [1.54, 1.807) is 73.3 Å². The fraction of sp³-hybridized carbons (Fsp3) is 0.0123. The first kappa shape index (κ1) is 58.0. The van der Waals surface area contributed by atoms with E-state index in [2.05, 4.69) is 0 Å². The summed E-state index contributed by atoms with van der Waals surface area (Å²) in [7, 11) is 0. The summed E-state index contributed by atoms with van der Waals surface area (Å²) < 4.78 is 135. The van der Waals surface area contributed by atoms with E-state index in [4.69, 9.17) is 19.9 Å². The Labute approximate surface area is 537 Å². The minimum atomic E-state index is -5.17. The van der Waals surface area contributed by atoms with Crippen LogP contribution in [0.2, 0.25) is 0 Å². The quantitative estimate of drug-likeness (QED) is 0.0735. The lowest BCUT2D eigenvalue weighted by Crippen LogP contribution is -2.13. The van der Waals surface area contributed by atoms with Crippen molar-refractivity contribution in [3.8, 4) is 112 Å². The van der Waals surface area contributed by atoms with Crippen molar-refractivity contribution in [2.24, 2.45) is 0 Å². The molecule has 456 valence electrons. The van der Waals surface area contributed by atoms with Crippen LogP contribution in [0.5, 0.6) is 0 Å². The highest BCUT2D eigenvalue weighted by Gasteiger charge is 2.37. The van der Waals surface area contributed by atoms with Gasteiger partial charge in [-0.1, -0.05) is 170 Å². The lowest BCUT2D eigenvalue weighted by molar-refractivity contribution is -0.137. The first-order chi connectivity index (χ1) is 46.3. The molecule has 0 spiro atoms. The van der Waals surface area contributed by atoms with E-state index in [1.165, 1.54) is 9.13 Å². The molecule has 6 heterocycles. The van der Waals surface area contributed by atoms with Crippen LogP contribution in [-0.2, 0) is 6.18 Å². The Balaban J connectivity index is 0.972. The van der Waals surface area contributed by atoms with Gasteiger partial charge in [0.25, 0.3) is 0 Å². The average molecular weight is 1260 g/mol. The summed E-state index contributed by atoms with van der Waals surface area (Å²) in [6.07, 6.45) is 1.67. The number of hydrogen-bond acceptors (Lipinski definition) is 4. The number of hydrogen-bond donors (Lipinski definition) is 0. The van der Waals surface area contributed by atoms with E-state index in [0.29, 0.717) is 101 Å². The largest absolute Gasteiger partial charge is 0.416 e. The average Bonchev–Trinajstić information content (AvgIpc) is 1.61. The van der Waals surface area contributed by atoms with Crippen molar-refractivity contribution in [2.45, 2.75) is 6.18 Å². The third kappa shape index (κ3) is 10.2. The van der Waals surface area contributed by atoms with Crippen molar-refractivity contribution in [3.63, 3.8) is 0 Å². The molecule has 0 aliphatic heterocycles. The molecule has 0 N–H and O–H groups in total. The van der Waals surface area contributed by atoms with Crippen LogP contribution in [0.3, 0.4) is 0 Å². The number of rotatable bonds is 11. The standard InChI is InChI=1S/C81H46F8N6/c82-76-75(77(83)79(85)80(86)78(76)84)74-72(94-68-33-25-51(55-21-29-64(90-43-55)47-13-5-1-6-14-47)37-60(68)61-38-52(26-34-69(61)94)56-22-30-65(91-44-56)48-15-7-2-8-16-48)41-59(81(87,88)89)42-73(74)95-70-35-27-53(57-23-31-66(92-45-57)49-17-9-3-10-18-49)39-62(70)63-40-54(28-36-71(63)95)58-24-32-67(93-46-58)50-19-11-4-12-20-50/h1-46H. The molecule has 16 rings (SSSR count). The van der Waals surface area contributed by atoms with E-state index in [1.807, 2.05) is 194 Å². The molecule has 0 atom stereocenters. The summed E-state index contributed by atoms with van der Waals surface area (Å²) in [6, 6.07) is 75.9. The molecule has 0 bridgehead atoms. The Morgan fingerprint density at radius 3 is 0.737 bits per heavy atom. The topological polar surface area (TPSA) is 61.4 Å². The number of nitrogens with zero attached hydrogens (tertiary/aromatic N) is 6. The van der Waals surface area contributed by atoms with Gasteiger partial charge in [-0.05, 0) is 107 Å². The predicted molar refractivity (Wildman–Crippen MR) is 360 cm³/mol. The van der Waals surface area contributed by atoms with Gasteiger partial charge in [0.2, 0.25) is 5.82 Å². The summed E-state index contributed by atoms with van der Waals surface area (Å²) in [6.45, 7) is 0. The first-order valence-electron chi connectivity index (χ1n) is 30.3. The molecule has 0 aliphatic rings. The second-order valence-corrected chi connectivity index (χ2v) is 23.1. The highest BCUT2D eigenvalue weighted by molar-refractivity contribution is 6.14. The van der Waals surface area contributed by atoms with Crippen LogP contribution in [0, 0.1) is 29.1 Å². The maximum absolute atomic E-state index is 17.4. The third-order valence-corrected chi connectivity index (χ3v) is 17.6. The smallest absolute Gasteiger partial charge is 0.309 e. The van der Waals surface area contributed by atoms with Gasteiger partial charge in [-0.15, -0.1) is 0 Å². The summed E-state index contributed by atoms with van der Waals surface area (Å²) in [5.41, 5.74) is 8.17. The maximum Gasteiger partial charge on any atom is 0.416 e. The van der Waals surface area contributed by atoms with Gasteiger partial charge in [0.15, 0.2) is 23.3 Å². The monoisotopic (exact) mass is 1250 g/mol. The zero-order valence-electron chi connectivity index (χ0n) is 49.8. The molecule has 0 aliphatic carbocycles. The first-order valence-corrected chi connectivity index (χ1v) is 30.3. The van der Waals surface area contributed by atoms with Crippen molar-refractivity contribution < 1.29 is 35.1 Å². The van der Waals surface area contributed by atoms with Gasteiger partial charge in [-0.25, -0.2) is 22.0 Å². The SMILES string of the molecule is Fc1c(F)c(F)c(-c2c(-n3c4ccc(-c5ccc(-c6ccccc6)nc5)cc4c4cc(-c5ccc(-c6ccccc6)nc5)ccc43)cc(C(F)(F)F)cc2-n2c3ccc(-c4ccc(-c5ccccc5)nc4)cc3c3cc(-c4ccc(-c5ccccc5)nc4)ccc32)c(F)c1F. The number of pyridine rings is 4. The molecule has 0 unspecified atom stereocenters. The summed E-state index contributed by atoms with van der Waals surface area (Å²) in [5.74, 6) is -11.5. The van der Waals surface area contributed by atoms with Crippen LogP contribution in [-0.4, -0.2) is 29.1 Å². The zero-order chi connectivity index (χ0) is 64.6. The van der Waals surface area contributed by atoms with Crippen molar-refractivity contribution in [1.29, 1.82) is 0 Å². The minimum Gasteiger partial charge on any atom is -0.309 e. The van der Waals surface area contributed by atoms with E-state index in [0.717, 1.165) is 22.3 Å². The molecule has 16 aromatic rings. The van der Waals surface area contributed by atoms with Crippen LogP contribution < -0.4 is 0 Å². The Kier molecular flexibility index (Phi) is 14.2. The van der Waals surface area contributed by atoms with Gasteiger partial charge in [0, 0.05) is 96.4 Å². The molecule has 6 aromatic heterocycles. The minimum absolute atomic E-state index is 0.234. The van der Waals surface area contributed by atoms with Crippen molar-refractivity contribution in [3.05, 3.63) is 314 Å². The van der Waals surface area contributed by atoms with Gasteiger partial charge in [-0.2, -0.15) is 13.2 Å². The molecule has 0 amide bonds. The second-order valence-electron chi connectivity index (χ2n) is 23.1.